The molecule has 1 atom stereocenters. The van der Waals surface area contributed by atoms with Crippen LogP contribution in [0, 0.1) is 0 Å². The summed E-state index contributed by atoms with van der Waals surface area (Å²) >= 11 is 1.32. The molecule has 134 valence electrons. The van der Waals surface area contributed by atoms with E-state index >= 15 is 0 Å². The third-order valence-electron chi connectivity index (χ3n) is 3.86. The number of para-hydroxylation sites is 1. The summed E-state index contributed by atoms with van der Waals surface area (Å²) in [7, 11) is 3.38. The Morgan fingerprint density at radius 3 is 2.50 bits per heavy atom. The molecular formula is C18H19N5O2S. The summed E-state index contributed by atoms with van der Waals surface area (Å²) in [6, 6.07) is 16.9. The fourth-order valence-electron chi connectivity index (χ4n) is 2.40. The van der Waals surface area contributed by atoms with Crippen molar-refractivity contribution in [3.05, 3.63) is 54.6 Å². The minimum atomic E-state index is -0.344. The molecule has 8 heteroatoms. The van der Waals surface area contributed by atoms with Crippen molar-refractivity contribution < 1.29 is 9.53 Å². The van der Waals surface area contributed by atoms with Crippen LogP contribution in [0.3, 0.4) is 0 Å². The summed E-state index contributed by atoms with van der Waals surface area (Å²) in [6.45, 7) is 1.85. The van der Waals surface area contributed by atoms with Crippen LogP contribution in [-0.2, 0) is 4.79 Å². The molecule has 2 aromatic carbocycles. The van der Waals surface area contributed by atoms with Gasteiger partial charge in [-0.3, -0.25) is 4.79 Å². The van der Waals surface area contributed by atoms with Crippen LogP contribution in [0.25, 0.3) is 5.69 Å². The molecule has 0 aliphatic carbocycles. The molecular weight excluding hydrogens is 350 g/mol. The van der Waals surface area contributed by atoms with Crippen LogP contribution < -0.4 is 9.64 Å². The number of carbonyl (C=O) groups excluding carboxylic acids is 1. The zero-order valence-corrected chi connectivity index (χ0v) is 15.6. The number of tetrazole rings is 1. The van der Waals surface area contributed by atoms with E-state index in [0.717, 1.165) is 17.1 Å². The van der Waals surface area contributed by atoms with E-state index in [2.05, 4.69) is 15.5 Å². The number of rotatable bonds is 6. The number of ether oxygens (including phenoxy) is 1. The predicted octanol–water partition coefficient (Wildman–Crippen LogP) is 2.81. The van der Waals surface area contributed by atoms with Crippen molar-refractivity contribution in [2.24, 2.45) is 0 Å². The van der Waals surface area contributed by atoms with Crippen LogP contribution in [0.4, 0.5) is 5.69 Å². The molecule has 0 fully saturated rings. The summed E-state index contributed by atoms with van der Waals surface area (Å²) in [4.78, 5) is 14.3. The van der Waals surface area contributed by atoms with Crippen molar-refractivity contribution in [3.63, 3.8) is 0 Å². The molecule has 0 bridgehead atoms. The zero-order chi connectivity index (χ0) is 18.5. The van der Waals surface area contributed by atoms with Crippen LogP contribution in [0.5, 0.6) is 5.75 Å². The standard InChI is InChI=1S/C18H19N5O2S/c1-13(17(24)22(2)14-7-5-4-6-8-14)26-18-19-20-21-23(18)15-9-11-16(25-3)12-10-15/h4-13H,1-3H3/t13-/m0/s1. The summed E-state index contributed by atoms with van der Waals surface area (Å²) in [6.07, 6.45) is 0. The summed E-state index contributed by atoms with van der Waals surface area (Å²) in [5, 5.41) is 12.0. The van der Waals surface area contributed by atoms with Crippen LogP contribution in [0.2, 0.25) is 0 Å². The summed E-state index contributed by atoms with van der Waals surface area (Å²) < 4.78 is 6.77. The number of hydrogen-bond donors (Lipinski definition) is 0. The number of amides is 1. The predicted molar refractivity (Wildman–Crippen MR) is 101 cm³/mol. The highest BCUT2D eigenvalue weighted by Crippen LogP contribution is 2.26. The average molecular weight is 369 g/mol. The van der Waals surface area contributed by atoms with Gasteiger partial charge in [-0.2, -0.15) is 4.68 Å². The lowest BCUT2D eigenvalue weighted by Crippen LogP contribution is -2.33. The molecule has 1 amide bonds. The third kappa shape index (κ3) is 3.85. The molecule has 0 unspecified atom stereocenters. The number of carbonyl (C=O) groups is 1. The number of aromatic nitrogens is 4. The first kappa shape index (κ1) is 17.9. The van der Waals surface area contributed by atoms with Crippen LogP contribution in [0.1, 0.15) is 6.92 Å². The van der Waals surface area contributed by atoms with Gasteiger partial charge < -0.3 is 9.64 Å². The van der Waals surface area contributed by atoms with Crippen LogP contribution in [0.15, 0.2) is 59.8 Å². The molecule has 0 radical (unpaired) electrons. The maximum atomic E-state index is 12.7. The van der Waals surface area contributed by atoms with Gasteiger partial charge in [0.1, 0.15) is 5.75 Å². The van der Waals surface area contributed by atoms with E-state index in [1.807, 2.05) is 61.5 Å². The monoisotopic (exact) mass is 369 g/mol. The first-order chi connectivity index (χ1) is 12.6. The molecule has 1 aromatic heterocycles. The second kappa shape index (κ2) is 8.01. The minimum absolute atomic E-state index is 0.0227. The summed E-state index contributed by atoms with van der Waals surface area (Å²) in [5.74, 6) is 0.731. The minimum Gasteiger partial charge on any atom is -0.497 e. The Morgan fingerprint density at radius 1 is 1.15 bits per heavy atom. The van der Waals surface area contributed by atoms with E-state index in [0.29, 0.717) is 5.16 Å². The number of benzene rings is 2. The Kier molecular flexibility index (Phi) is 5.52. The molecule has 3 rings (SSSR count). The third-order valence-corrected chi connectivity index (χ3v) is 4.88. The molecule has 3 aromatic rings. The molecule has 0 saturated carbocycles. The quantitative estimate of drug-likeness (QED) is 0.622. The smallest absolute Gasteiger partial charge is 0.240 e. The zero-order valence-electron chi connectivity index (χ0n) is 14.7. The largest absolute Gasteiger partial charge is 0.497 e. The van der Waals surface area contributed by atoms with Gasteiger partial charge in [-0.05, 0) is 53.7 Å². The fraction of sp³-hybridized carbons (Fsp3) is 0.222. The highest BCUT2D eigenvalue weighted by molar-refractivity contribution is 8.00. The fourth-order valence-corrected chi connectivity index (χ4v) is 3.30. The van der Waals surface area contributed by atoms with E-state index < -0.39 is 0 Å². The maximum absolute atomic E-state index is 12.7. The van der Waals surface area contributed by atoms with Gasteiger partial charge >= 0.3 is 0 Å². The highest BCUT2D eigenvalue weighted by Gasteiger charge is 2.23. The van der Waals surface area contributed by atoms with Gasteiger partial charge in [0.25, 0.3) is 0 Å². The normalized spacial score (nSPS) is 11.8. The Balaban J connectivity index is 1.75. The van der Waals surface area contributed by atoms with Gasteiger partial charge in [-0.1, -0.05) is 30.0 Å². The number of nitrogens with zero attached hydrogens (tertiary/aromatic N) is 5. The Hall–Kier alpha value is -2.87. The molecule has 0 N–H and O–H groups in total. The number of hydrogen-bond acceptors (Lipinski definition) is 6. The van der Waals surface area contributed by atoms with E-state index in [9.17, 15) is 4.79 Å². The molecule has 0 spiro atoms. The number of methoxy groups -OCH3 is 1. The Bertz CT molecular complexity index is 867. The van der Waals surface area contributed by atoms with Gasteiger partial charge in [0.05, 0.1) is 18.0 Å². The lowest BCUT2D eigenvalue weighted by molar-refractivity contribution is -0.117. The van der Waals surface area contributed by atoms with Crippen molar-refractivity contribution in [2.75, 3.05) is 19.1 Å². The summed E-state index contributed by atoms with van der Waals surface area (Å²) in [5.41, 5.74) is 1.65. The molecule has 7 nitrogen and oxygen atoms in total. The molecule has 0 aliphatic rings. The Labute approximate surface area is 156 Å². The lowest BCUT2D eigenvalue weighted by Gasteiger charge is -2.20. The van der Waals surface area contributed by atoms with E-state index in [1.165, 1.54) is 11.8 Å². The van der Waals surface area contributed by atoms with Crippen molar-refractivity contribution in [1.29, 1.82) is 0 Å². The second-order valence-electron chi connectivity index (χ2n) is 5.56. The van der Waals surface area contributed by atoms with Crippen molar-refractivity contribution >= 4 is 23.4 Å². The van der Waals surface area contributed by atoms with Gasteiger partial charge in [0, 0.05) is 12.7 Å². The average Bonchev–Trinajstić information content (AvgIpc) is 3.15. The number of anilines is 1. The van der Waals surface area contributed by atoms with Gasteiger partial charge in [0.15, 0.2) is 0 Å². The molecule has 26 heavy (non-hydrogen) atoms. The first-order valence-corrected chi connectivity index (χ1v) is 8.90. The lowest BCUT2D eigenvalue weighted by atomic mass is 10.3. The number of thioether (sulfide) groups is 1. The highest BCUT2D eigenvalue weighted by atomic mass is 32.2. The van der Waals surface area contributed by atoms with Crippen LogP contribution >= 0.6 is 11.8 Å². The van der Waals surface area contributed by atoms with Gasteiger partial charge in [-0.15, -0.1) is 5.10 Å². The Morgan fingerprint density at radius 2 is 1.85 bits per heavy atom. The molecule has 1 heterocycles. The van der Waals surface area contributed by atoms with Crippen LogP contribution in [-0.4, -0.2) is 45.5 Å². The van der Waals surface area contributed by atoms with Crippen molar-refractivity contribution in [1.82, 2.24) is 20.2 Å². The van der Waals surface area contributed by atoms with Crippen molar-refractivity contribution in [3.8, 4) is 11.4 Å². The second-order valence-corrected chi connectivity index (χ2v) is 6.87. The molecule has 0 aliphatic heterocycles. The first-order valence-electron chi connectivity index (χ1n) is 8.02. The van der Waals surface area contributed by atoms with Gasteiger partial charge in [-0.25, -0.2) is 0 Å². The molecule has 0 saturated heterocycles. The van der Waals surface area contributed by atoms with E-state index in [1.54, 1.807) is 23.7 Å². The van der Waals surface area contributed by atoms with Gasteiger partial charge in [0.2, 0.25) is 11.1 Å². The topological polar surface area (TPSA) is 73.1 Å². The van der Waals surface area contributed by atoms with E-state index in [-0.39, 0.29) is 11.2 Å². The van der Waals surface area contributed by atoms with E-state index in [4.69, 9.17) is 4.74 Å². The maximum Gasteiger partial charge on any atom is 0.240 e. The van der Waals surface area contributed by atoms with Crippen molar-refractivity contribution in [2.45, 2.75) is 17.3 Å². The SMILES string of the molecule is COc1ccc(-n2nnnc2S[C@@H](C)C(=O)N(C)c2ccccc2)cc1.